The first-order chi connectivity index (χ1) is 2.94. The van der Waals surface area contributed by atoms with E-state index in [4.69, 9.17) is 0 Å². The van der Waals surface area contributed by atoms with E-state index in [2.05, 4.69) is 0 Å². The predicted molar refractivity (Wildman–Crippen MR) is 17.3 cm³/mol. The van der Waals surface area contributed by atoms with Crippen LogP contribution in [0, 0.1) is 6.43 Å². The molecule has 0 aliphatic rings. The largest absolute Gasteiger partial charge is 2.00 e. The molecule has 0 nitrogen and oxygen atoms in total. The van der Waals surface area contributed by atoms with Crippen LogP contribution in [0.2, 0.25) is 0 Å². The topological polar surface area (TPSA) is 0 Å². The summed E-state index contributed by atoms with van der Waals surface area (Å²) in [6, 6.07) is 0. The average Bonchev–Trinajstić information content (AvgIpc) is 1.31. The molecule has 0 bridgehead atoms. The van der Waals surface area contributed by atoms with Crippen molar-refractivity contribution in [2.45, 2.75) is 6.18 Å². The van der Waals surface area contributed by atoms with Gasteiger partial charge in [-0.05, 0) is 0 Å². The third-order valence-corrected chi connectivity index (χ3v) is 0.214. The molecule has 0 rings (SSSR count). The molecule has 52 valence electrons. The van der Waals surface area contributed by atoms with Crippen LogP contribution in [0.5, 0.6) is 0 Å². The summed E-state index contributed by atoms with van der Waals surface area (Å²) in [6.07, 6.45) is -8.92. The van der Waals surface area contributed by atoms with E-state index in [1.54, 1.807) is 0 Å². The second-order valence-electron chi connectivity index (χ2n) is 0.758. The Bertz CT molecular complexity index is 60.5. The maximum absolute atomic E-state index is 10.4. The minimum Gasteiger partial charge on any atom is -1.00 e. The van der Waals surface area contributed by atoms with Crippen molar-refractivity contribution >= 4 is 23.1 Å². The fourth-order valence-electron chi connectivity index (χ4n) is 0. The normalized spacial score (nSPS) is 10.0. The van der Waals surface area contributed by atoms with Crippen molar-refractivity contribution in [2.24, 2.45) is 0 Å². The fourth-order valence-corrected chi connectivity index (χ4v) is 0. The molecule has 0 amide bonds. The van der Waals surface area contributed by atoms with Gasteiger partial charge in [-0.3, -0.25) is 0 Å². The van der Waals surface area contributed by atoms with E-state index in [0.717, 1.165) is 0 Å². The van der Waals surface area contributed by atoms with Crippen LogP contribution < -0.4 is 24.0 Å². The van der Waals surface area contributed by atoms with E-state index in [0.29, 0.717) is 0 Å². The average molecular weight is 270 g/mol. The molecule has 0 aromatic carbocycles. The van der Waals surface area contributed by atoms with E-state index in [1.165, 1.54) is 0 Å². The van der Waals surface area contributed by atoms with Gasteiger partial charge in [-0.1, -0.05) is 0 Å². The van der Waals surface area contributed by atoms with E-state index in [-0.39, 0.29) is 47.0 Å². The summed E-state index contributed by atoms with van der Waals surface area (Å²) in [5.74, 6) is 0. The molecule has 7 heteroatoms. The SMILES string of the molecule is F[C-](F)C(F)(F)F.[I-].[Mg+2]. The summed E-state index contributed by atoms with van der Waals surface area (Å²) in [7, 11) is 0. The molecular formula is C2F5IMg. The molecule has 0 aliphatic carbocycles. The molecule has 0 spiro atoms. The van der Waals surface area contributed by atoms with E-state index in [9.17, 15) is 22.0 Å². The molecule has 9 heavy (non-hydrogen) atoms. The third kappa shape index (κ3) is 9.15. The molecular weight excluding hydrogens is 270 g/mol. The molecule has 0 N–H and O–H groups in total. The zero-order valence-corrected chi connectivity index (χ0v) is 7.55. The molecule has 0 saturated heterocycles. The number of halogens is 6. The van der Waals surface area contributed by atoms with E-state index in [1.807, 2.05) is 0 Å². The van der Waals surface area contributed by atoms with Gasteiger partial charge < -0.3 is 32.8 Å². The maximum atomic E-state index is 10.4. The van der Waals surface area contributed by atoms with Crippen LogP contribution in [-0.2, 0) is 0 Å². The second kappa shape index (κ2) is 5.90. The van der Waals surface area contributed by atoms with Gasteiger partial charge in [0.25, 0.3) is 0 Å². The number of hydrogen-bond donors (Lipinski definition) is 0. The number of hydrogen-bond acceptors (Lipinski definition) is 0. The molecule has 0 saturated carbocycles. The Hall–Kier alpha value is 1.15. The first-order valence-electron chi connectivity index (χ1n) is 1.19. The van der Waals surface area contributed by atoms with Crippen molar-refractivity contribution in [1.82, 2.24) is 0 Å². The molecule has 0 atom stereocenters. The van der Waals surface area contributed by atoms with Crippen molar-refractivity contribution in [3.8, 4) is 0 Å². The summed E-state index contributed by atoms with van der Waals surface area (Å²) in [5.41, 5.74) is 0. The summed E-state index contributed by atoms with van der Waals surface area (Å²) in [6.45, 7) is 0. The van der Waals surface area contributed by atoms with Gasteiger partial charge >= 0.3 is 29.2 Å². The van der Waals surface area contributed by atoms with Gasteiger partial charge in [0, 0.05) is 0 Å². The Balaban J connectivity index is -0.000000180. The van der Waals surface area contributed by atoms with Crippen molar-refractivity contribution in [2.75, 3.05) is 0 Å². The van der Waals surface area contributed by atoms with Gasteiger partial charge in [-0.2, -0.15) is 0 Å². The van der Waals surface area contributed by atoms with Crippen LogP contribution in [0.1, 0.15) is 0 Å². The van der Waals surface area contributed by atoms with Crippen LogP contribution in [0.25, 0.3) is 0 Å². The third-order valence-electron chi connectivity index (χ3n) is 0.214. The predicted octanol–water partition coefficient (Wildman–Crippen LogP) is -1.40. The minimum atomic E-state index is -5.42. The first kappa shape index (κ1) is 16.6. The summed E-state index contributed by atoms with van der Waals surface area (Å²) in [4.78, 5) is 0. The Kier molecular flexibility index (Phi) is 10.9. The monoisotopic (exact) mass is 270 g/mol. The van der Waals surface area contributed by atoms with Gasteiger partial charge in [0.05, 0.1) is 0 Å². The van der Waals surface area contributed by atoms with Crippen molar-refractivity contribution in [1.29, 1.82) is 0 Å². The standard InChI is InChI=1S/C2F5.HI.Mg/c3-1(4)2(5,6)7;;/h;1H;/q-1;;+2/p-1. The Morgan fingerprint density at radius 2 is 1.11 bits per heavy atom. The molecule has 0 unspecified atom stereocenters. The fraction of sp³-hybridized carbons (Fsp3) is 0.500. The molecule has 0 heterocycles. The quantitative estimate of drug-likeness (QED) is 0.220. The molecule has 0 aliphatic heterocycles. The molecule has 0 radical (unpaired) electrons. The molecule has 0 fully saturated rings. The van der Waals surface area contributed by atoms with E-state index >= 15 is 0 Å². The smallest absolute Gasteiger partial charge is 1.00 e. The molecule has 0 aromatic rings. The number of rotatable bonds is 0. The van der Waals surface area contributed by atoms with Gasteiger partial charge in [-0.15, -0.1) is 0 Å². The van der Waals surface area contributed by atoms with Crippen LogP contribution in [-0.4, -0.2) is 29.2 Å². The van der Waals surface area contributed by atoms with Crippen LogP contribution in [0.15, 0.2) is 0 Å². The van der Waals surface area contributed by atoms with Crippen LogP contribution in [0.3, 0.4) is 0 Å². The summed E-state index contributed by atoms with van der Waals surface area (Å²) in [5, 5.41) is 0. The Morgan fingerprint density at radius 3 is 1.11 bits per heavy atom. The maximum Gasteiger partial charge on any atom is 2.00 e. The zero-order valence-electron chi connectivity index (χ0n) is 3.97. The minimum absolute atomic E-state index is 0. The van der Waals surface area contributed by atoms with Gasteiger partial charge in [0.15, 0.2) is 0 Å². The van der Waals surface area contributed by atoms with Crippen molar-refractivity contribution in [3.63, 3.8) is 0 Å². The van der Waals surface area contributed by atoms with Gasteiger partial charge in [0.2, 0.25) is 0 Å². The zero-order chi connectivity index (χ0) is 6.08. The summed E-state index contributed by atoms with van der Waals surface area (Å²) >= 11 is 0. The van der Waals surface area contributed by atoms with Gasteiger partial charge in [0.1, 0.15) is 6.43 Å². The Morgan fingerprint density at radius 1 is 1.00 bits per heavy atom. The van der Waals surface area contributed by atoms with E-state index < -0.39 is 12.6 Å². The summed E-state index contributed by atoms with van der Waals surface area (Å²) < 4.78 is 51.8. The van der Waals surface area contributed by atoms with Crippen molar-refractivity contribution < 1.29 is 45.9 Å². The van der Waals surface area contributed by atoms with Crippen molar-refractivity contribution in [3.05, 3.63) is 6.43 Å². The van der Waals surface area contributed by atoms with Gasteiger partial charge in [-0.25, -0.2) is 13.2 Å². The van der Waals surface area contributed by atoms with Crippen LogP contribution in [0.4, 0.5) is 22.0 Å². The Labute approximate surface area is 81.3 Å². The number of alkyl halides is 3. The molecule has 0 aromatic heterocycles. The first-order valence-corrected chi connectivity index (χ1v) is 1.19. The second-order valence-corrected chi connectivity index (χ2v) is 0.758. The van der Waals surface area contributed by atoms with Crippen LogP contribution >= 0.6 is 0 Å².